The van der Waals surface area contributed by atoms with E-state index in [0.717, 1.165) is 45.1 Å². The van der Waals surface area contributed by atoms with Crippen LogP contribution >= 0.6 is 0 Å². The molecule has 0 amide bonds. The molecule has 8 nitrogen and oxygen atoms in total. The third-order valence-electron chi connectivity index (χ3n) is 9.80. The fourth-order valence-corrected chi connectivity index (χ4v) is 7.27. The Labute approximate surface area is 259 Å². The molecule has 0 spiro atoms. The summed E-state index contributed by atoms with van der Waals surface area (Å²) in [5.74, 6) is 0. The van der Waals surface area contributed by atoms with Crippen LogP contribution in [0.2, 0.25) is 0 Å². The minimum atomic E-state index is -0.523. The zero-order chi connectivity index (χ0) is 32.1. The van der Waals surface area contributed by atoms with Gasteiger partial charge in [-0.3, -0.25) is 14.6 Å². The van der Waals surface area contributed by atoms with Gasteiger partial charge in [-0.25, -0.2) is 0 Å². The molecule has 8 heteroatoms. The molecule has 2 rings (SSSR count). The van der Waals surface area contributed by atoms with Gasteiger partial charge in [-0.05, 0) is 121 Å². The minimum absolute atomic E-state index is 0.0405. The molecule has 42 heavy (non-hydrogen) atoms. The SMILES string of the molecule is CCCCN(CC(O)COC1CC(C)(C)N(OCC(C)(C)OCC(O)CC)C(C)(C)C1)C1CC(C)(C)N(C)C(C)(C)C1. The maximum Gasteiger partial charge on any atom is 0.0970 e. The van der Waals surface area contributed by atoms with Crippen molar-refractivity contribution in [1.29, 1.82) is 0 Å². The van der Waals surface area contributed by atoms with Crippen molar-refractivity contribution in [2.24, 2.45) is 0 Å². The molecule has 2 aliphatic rings. The predicted octanol–water partition coefficient (Wildman–Crippen LogP) is 5.64. The van der Waals surface area contributed by atoms with Crippen LogP contribution in [0.25, 0.3) is 0 Å². The lowest BCUT2D eigenvalue weighted by Crippen LogP contribution is -2.63. The number of rotatable bonds is 16. The van der Waals surface area contributed by atoms with Gasteiger partial charge in [-0.1, -0.05) is 20.3 Å². The summed E-state index contributed by atoms with van der Waals surface area (Å²) in [5.41, 5.74) is -0.793. The number of aliphatic hydroxyl groups is 2. The fraction of sp³-hybridized carbons (Fsp3) is 1.00. The van der Waals surface area contributed by atoms with Crippen molar-refractivity contribution >= 4 is 0 Å². The molecule has 0 bridgehead atoms. The second kappa shape index (κ2) is 14.8. The van der Waals surface area contributed by atoms with Gasteiger partial charge in [0, 0.05) is 34.7 Å². The van der Waals surface area contributed by atoms with E-state index in [-0.39, 0.29) is 28.3 Å². The van der Waals surface area contributed by atoms with Gasteiger partial charge in [-0.15, -0.1) is 0 Å². The van der Waals surface area contributed by atoms with Gasteiger partial charge in [0.1, 0.15) is 0 Å². The van der Waals surface area contributed by atoms with E-state index in [1.165, 1.54) is 0 Å². The molecular formula is C34H69N3O5. The van der Waals surface area contributed by atoms with Crippen LogP contribution in [0.1, 0.15) is 128 Å². The summed E-state index contributed by atoms with van der Waals surface area (Å²) in [4.78, 5) is 11.5. The average molecular weight is 600 g/mol. The number of piperidine rings is 2. The first-order valence-corrected chi connectivity index (χ1v) is 16.7. The summed E-state index contributed by atoms with van der Waals surface area (Å²) >= 11 is 0. The zero-order valence-electron chi connectivity index (χ0n) is 29.8. The van der Waals surface area contributed by atoms with Gasteiger partial charge in [0.05, 0.1) is 43.7 Å². The number of ether oxygens (including phenoxy) is 2. The Hall–Kier alpha value is -0.320. The van der Waals surface area contributed by atoms with E-state index in [1.807, 2.05) is 20.8 Å². The summed E-state index contributed by atoms with van der Waals surface area (Å²) in [6.45, 7) is 29.1. The van der Waals surface area contributed by atoms with Crippen LogP contribution in [0.15, 0.2) is 0 Å². The summed E-state index contributed by atoms with van der Waals surface area (Å²) in [6, 6.07) is 0.448. The summed E-state index contributed by atoms with van der Waals surface area (Å²) in [5, 5.41) is 23.3. The van der Waals surface area contributed by atoms with Crippen molar-refractivity contribution in [2.45, 2.75) is 180 Å². The molecule has 0 aliphatic carbocycles. The molecule has 2 atom stereocenters. The van der Waals surface area contributed by atoms with E-state index < -0.39 is 17.8 Å². The summed E-state index contributed by atoms with van der Waals surface area (Å²) in [7, 11) is 2.25. The van der Waals surface area contributed by atoms with E-state index in [2.05, 4.69) is 84.2 Å². The van der Waals surface area contributed by atoms with Crippen molar-refractivity contribution < 1.29 is 24.5 Å². The highest BCUT2D eigenvalue weighted by Crippen LogP contribution is 2.41. The second-order valence-corrected chi connectivity index (χ2v) is 16.4. The van der Waals surface area contributed by atoms with Gasteiger partial charge >= 0.3 is 0 Å². The van der Waals surface area contributed by atoms with E-state index >= 15 is 0 Å². The number of hydroxylamine groups is 2. The van der Waals surface area contributed by atoms with Gasteiger partial charge in [0.15, 0.2) is 0 Å². The molecule has 2 saturated heterocycles. The molecule has 2 aliphatic heterocycles. The third kappa shape index (κ3) is 10.6. The van der Waals surface area contributed by atoms with Crippen molar-refractivity contribution in [3.63, 3.8) is 0 Å². The standard InChI is InChI=1S/C34H69N3O5/c1-14-16-17-36(26-18-30(3,4)35(13)31(5,6)19-26)22-28(39)23-40-29-20-32(7,8)37(33(9,10)21-29)42-25-34(11,12)41-24-27(38)15-2/h26-29,38-39H,14-25H2,1-13H3. The topological polar surface area (TPSA) is 77.9 Å². The van der Waals surface area contributed by atoms with Crippen molar-refractivity contribution in [3.05, 3.63) is 0 Å². The molecule has 2 fully saturated rings. The van der Waals surface area contributed by atoms with Crippen LogP contribution in [0.5, 0.6) is 0 Å². The number of unbranched alkanes of at least 4 members (excludes halogenated alkanes) is 1. The third-order valence-corrected chi connectivity index (χ3v) is 9.80. The minimum Gasteiger partial charge on any atom is -0.391 e. The molecule has 250 valence electrons. The number of aliphatic hydroxyl groups excluding tert-OH is 2. The lowest BCUT2D eigenvalue weighted by molar-refractivity contribution is -0.312. The Morgan fingerprint density at radius 3 is 1.88 bits per heavy atom. The van der Waals surface area contributed by atoms with Gasteiger partial charge < -0.3 is 19.7 Å². The predicted molar refractivity (Wildman–Crippen MR) is 173 cm³/mol. The van der Waals surface area contributed by atoms with E-state index in [4.69, 9.17) is 14.3 Å². The van der Waals surface area contributed by atoms with E-state index in [1.54, 1.807) is 0 Å². The van der Waals surface area contributed by atoms with Gasteiger partial charge in [-0.2, -0.15) is 5.06 Å². The monoisotopic (exact) mass is 600 g/mol. The summed E-state index contributed by atoms with van der Waals surface area (Å²) < 4.78 is 12.4. The van der Waals surface area contributed by atoms with Crippen molar-refractivity contribution in [3.8, 4) is 0 Å². The number of hydrogen-bond donors (Lipinski definition) is 2. The van der Waals surface area contributed by atoms with Crippen LogP contribution in [0.4, 0.5) is 0 Å². The quantitative estimate of drug-likeness (QED) is 0.236. The van der Waals surface area contributed by atoms with E-state index in [9.17, 15) is 10.2 Å². The lowest BCUT2D eigenvalue weighted by atomic mass is 9.77. The Balaban J connectivity index is 1.98. The number of hydrogen-bond acceptors (Lipinski definition) is 8. The van der Waals surface area contributed by atoms with Crippen molar-refractivity contribution in [2.75, 3.05) is 40.0 Å². The average Bonchev–Trinajstić information content (AvgIpc) is 2.85. The molecule has 2 N–H and O–H groups in total. The van der Waals surface area contributed by atoms with Crippen LogP contribution < -0.4 is 0 Å². The summed E-state index contributed by atoms with van der Waals surface area (Å²) in [6.07, 6.45) is 5.86. The largest absolute Gasteiger partial charge is 0.391 e. The molecule has 2 unspecified atom stereocenters. The maximum atomic E-state index is 11.2. The Morgan fingerprint density at radius 1 is 0.833 bits per heavy atom. The lowest BCUT2D eigenvalue weighted by Gasteiger charge is -2.56. The highest BCUT2D eigenvalue weighted by atomic mass is 16.7. The Bertz CT molecular complexity index is 779. The Morgan fingerprint density at radius 2 is 1.38 bits per heavy atom. The molecule has 0 aromatic rings. The molecule has 0 saturated carbocycles. The molecular weight excluding hydrogens is 530 g/mol. The molecule has 0 radical (unpaired) electrons. The molecule has 0 aromatic heterocycles. The smallest absolute Gasteiger partial charge is 0.0970 e. The van der Waals surface area contributed by atoms with Crippen LogP contribution in [0, 0.1) is 0 Å². The normalized spacial score (nSPS) is 25.1. The first kappa shape index (κ1) is 37.9. The van der Waals surface area contributed by atoms with E-state index in [0.29, 0.717) is 38.8 Å². The van der Waals surface area contributed by atoms with Crippen LogP contribution in [-0.4, -0.2) is 117 Å². The van der Waals surface area contributed by atoms with Gasteiger partial charge in [0.25, 0.3) is 0 Å². The Kier molecular flexibility index (Phi) is 13.4. The number of nitrogens with zero attached hydrogens (tertiary/aromatic N) is 3. The maximum absolute atomic E-state index is 11.2. The molecule has 0 aromatic carbocycles. The first-order valence-electron chi connectivity index (χ1n) is 16.7. The first-order chi connectivity index (χ1) is 19.2. The highest BCUT2D eigenvalue weighted by molar-refractivity contribution is 5.02. The van der Waals surface area contributed by atoms with Crippen molar-refractivity contribution in [1.82, 2.24) is 14.9 Å². The number of likely N-dealkylation sites (tertiary alicyclic amines) is 1. The zero-order valence-corrected chi connectivity index (χ0v) is 29.8. The second-order valence-electron chi connectivity index (χ2n) is 16.4. The van der Waals surface area contributed by atoms with Crippen LogP contribution in [-0.2, 0) is 14.3 Å². The highest BCUT2D eigenvalue weighted by Gasteiger charge is 2.48. The molecule has 2 heterocycles. The van der Waals surface area contributed by atoms with Gasteiger partial charge in [0.2, 0.25) is 0 Å². The fourth-order valence-electron chi connectivity index (χ4n) is 7.27. The van der Waals surface area contributed by atoms with Crippen LogP contribution in [0.3, 0.4) is 0 Å².